The molecule has 0 atom stereocenters. The van der Waals surface area contributed by atoms with Gasteiger partial charge in [0.25, 0.3) is 0 Å². The van der Waals surface area contributed by atoms with E-state index in [1.807, 2.05) is 36.4 Å². The van der Waals surface area contributed by atoms with Gasteiger partial charge in [0.2, 0.25) is 11.9 Å². The fraction of sp³-hybridized carbons (Fsp3) is 0.286. The van der Waals surface area contributed by atoms with E-state index < -0.39 is 5.66 Å². The number of benzene rings is 2. The SMILES string of the molecule is NC1=NC2(CCCCC2)N(c2ccccc2-c2nc3ccccc3[nH]2)C(N)=N1. The molecule has 5 N–H and O–H groups in total. The Balaban J connectivity index is 1.67. The standard InChI is InChI=1S/C21H23N7/c22-19-26-20(23)28(21(27-19)12-6-1-7-13-21)17-11-5-2-8-14(17)18-24-15-9-3-4-10-16(15)25-18/h2-5,8-11H,1,6-7,12-13H2,(H,24,25)(H4,22,23,26,27). The van der Waals surface area contributed by atoms with Crippen LogP contribution in [0.4, 0.5) is 5.69 Å². The molecule has 0 amide bonds. The van der Waals surface area contributed by atoms with Crippen molar-refractivity contribution in [3.8, 4) is 11.4 Å². The summed E-state index contributed by atoms with van der Waals surface area (Å²) in [6.45, 7) is 0. The van der Waals surface area contributed by atoms with Crippen molar-refractivity contribution in [2.75, 3.05) is 4.90 Å². The van der Waals surface area contributed by atoms with Gasteiger partial charge in [0, 0.05) is 5.56 Å². The number of nitrogens with zero attached hydrogens (tertiary/aromatic N) is 4. The van der Waals surface area contributed by atoms with Crippen LogP contribution in [0.1, 0.15) is 32.1 Å². The lowest BCUT2D eigenvalue weighted by Gasteiger charge is -2.46. The van der Waals surface area contributed by atoms with E-state index in [-0.39, 0.29) is 5.96 Å². The van der Waals surface area contributed by atoms with Crippen molar-refractivity contribution in [1.82, 2.24) is 9.97 Å². The molecule has 0 unspecified atom stereocenters. The highest BCUT2D eigenvalue weighted by atomic mass is 15.4. The first kappa shape index (κ1) is 16.8. The van der Waals surface area contributed by atoms with Crippen molar-refractivity contribution in [2.45, 2.75) is 37.8 Å². The number of aliphatic imine (C=N–C) groups is 2. The van der Waals surface area contributed by atoms with Crippen LogP contribution in [0.15, 0.2) is 58.5 Å². The number of aromatic amines is 1. The topological polar surface area (TPSA) is 109 Å². The summed E-state index contributed by atoms with van der Waals surface area (Å²) in [5.41, 5.74) is 15.8. The van der Waals surface area contributed by atoms with Gasteiger partial charge in [0.1, 0.15) is 11.5 Å². The fourth-order valence-electron chi connectivity index (χ4n) is 4.42. The van der Waals surface area contributed by atoms with Crippen LogP contribution in [0.3, 0.4) is 0 Å². The van der Waals surface area contributed by atoms with Crippen LogP contribution in [0.25, 0.3) is 22.4 Å². The van der Waals surface area contributed by atoms with Crippen LogP contribution in [-0.2, 0) is 0 Å². The normalized spacial score (nSPS) is 18.9. The minimum Gasteiger partial charge on any atom is -0.369 e. The first-order valence-electron chi connectivity index (χ1n) is 9.70. The summed E-state index contributed by atoms with van der Waals surface area (Å²) in [5.74, 6) is 1.45. The van der Waals surface area contributed by atoms with Gasteiger partial charge in [0.05, 0.1) is 16.7 Å². The molecule has 3 aromatic rings. The van der Waals surface area contributed by atoms with E-state index in [0.717, 1.165) is 53.8 Å². The lowest BCUT2D eigenvalue weighted by Crippen LogP contribution is -2.58. The van der Waals surface area contributed by atoms with Crippen LogP contribution in [0.5, 0.6) is 0 Å². The molecule has 1 saturated carbocycles. The number of para-hydroxylation sites is 3. The highest BCUT2D eigenvalue weighted by Gasteiger charge is 2.43. The van der Waals surface area contributed by atoms with Crippen molar-refractivity contribution < 1.29 is 0 Å². The second-order valence-electron chi connectivity index (χ2n) is 7.44. The molecule has 142 valence electrons. The number of nitrogens with two attached hydrogens (primary N) is 2. The third-order valence-electron chi connectivity index (χ3n) is 5.64. The molecule has 1 spiro atoms. The summed E-state index contributed by atoms with van der Waals surface area (Å²) in [4.78, 5) is 19.3. The molecule has 28 heavy (non-hydrogen) atoms. The minimum atomic E-state index is -0.476. The van der Waals surface area contributed by atoms with Gasteiger partial charge in [-0.3, -0.25) is 4.90 Å². The largest absolute Gasteiger partial charge is 0.369 e. The summed E-state index contributed by atoms with van der Waals surface area (Å²) in [7, 11) is 0. The molecule has 2 aromatic carbocycles. The summed E-state index contributed by atoms with van der Waals surface area (Å²) in [6, 6.07) is 16.1. The van der Waals surface area contributed by atoms with Gasteiger partial charge in [-0.1, -0.05) is 30.7 Å². The monoisotopic (exact) mass is 373 g/mol. The average Bonchev–Trinajstić information content (AvgIpc) is 3.12. The van der Waals surface area contributed by atoms with Crippen LogP contribution < -0.4 is 16.4 Å². The van der Waals surface area contributed by atoms with E-state index in [2.05, 4.69) is 27.0 Å². The Labute approximate surface area is 163 Å². The van der Waals surface area contributed by atoms with Crippen LogP contribution >= 0.6 is 0 Å². The predicted octanol–water partition coefficient (Wildman–Crippen LogP) is 3.34. The van der Waals surface area contributed by atoms with Crippen molar-refractivity contribution in [3.05, 3.63) is 48.5 Å². The number of H-pyrrole nitrogens is 1. The Kier molecular flexibility index (Phi) is 3.82. The van der Waals surface area contributed by atoms with Gasteiger partial charge in [-0.2, -0.15) is 4.99 Å². The summed E-state index contributed by atoms with van der Waals surface area (Å²) < 4.78 is 0. The number of nitrogens with one attached hydrogen (secondary N) is 1. The highest BCUT2D eigenvalue weighted by Crippen LogP contribution is 2.42. The lowest BCUT2D eigenvalue weighted by atomic mass is 9.87. The molecule has 1 aliphatic heterocycles. The Morgan fingerprint density at radius 2 is 1.68 bits per heavy atom. The molecule has 0 bridgehead atoms. The zero-order valence-corrected chi connectivity index (χ0v) is 15.6. The number of anilines is 1. The number of fused-ring (bicyclic) bond motifs is 1. The van der Waals surface area contributed by atoms with E-state index in [1.165, 1.54) is 6.42 Å². The van der Waals surface area contributed by atoms with E-state index >= 15 is 0 Å². The first-order valence-corrected chi connectivity index (χ1v) is 9.70. The second kappa shape index (κ2) is 6.37. The van der Waals surface area contributed by atoms with E-state index in [4.69, 9.17) is 21.4 Å². The maximum atomic E-state index is 6.41. The predicted molar refractivity (Wildman–Crippen MR) is 113 cm³/mol. The van der Waals surface area contributed by atoms with E-state index in [1.54, 1.807) is 0 Å². The van der Waals surface area contributed by atoms with Gasteiger partial charge in [0.15, 0.2) is 0 Å². The van der Waals surface area contributed by atoms with Crippen molar-refractivity contribution in [3.63, 3.8) is 0 Å². The zero-order valence-electron chi connectivity index (χ0n) is 15.6. The Morgan fingerprint density at radius 1 is 0.929 bits per heavy atom. The quantitative estimate of drug-likeness (QED) is 0.640. The highest BCUT2D eigenvalue weighted by molar-refractivity contribution is 6.07. The van der Waals surface area contributed by atoms with Crippen molar-refractivity contribution in [2.24, 2.45) is 21.5 Å². The molecule has 1 aromatic heterocycles. The van der Waals surface area contributed by atoms with Gasteiger partial charge >= 0.3 is 0 Å². The molecule has 2 heterocycles. The number of hydrogen-bond acceptors (Lipinski definition) is 6. The Morgan fingerprint density at radius 3 is 2.50 bits per heavy atom. The van der Waals surface area contributed by atoms with Crippen molar-refractivity contribution in [1.29, 1.82) is 0 Å². The number of rotatable bonds is 2. The van der Waals surface area contributed by atoms with Gasteiger partial charge in [-0.05, 0) is 49.9 Å². The minimum absolute atomic E-state index is 0.261. The maximum absolute atomic E-state index is 6.41. The molecule has 1 aliphatic carbocycles. The van der Waals surface area contributed by atoms with Gasteiger partial charge < -0.3 is 16.5 Å². The summed E-state index contributed by atoms with van der Waals surface area (Å²) in [5, 5.41) is 0. The zero-order chi connectivity index (χ0) is 19.1. The van der Waals surface area contributed by atoms with Gasteiger partial charge in [-0.15, -0.1) is 0 Å². The molecule has 5 rings (SSSR count). The maximum Gasteiger partial charge on any atom is 0.220 e. The second-order valence-corrected chi connectivity index (χ2v) is 7.44. The smallest absolute Gasteiger partial charge is 0.220 e. The molecule has 2 aliphatic rings. The molecular formula is C21H23N7. The van der Waals surface area contributed by atoms with Gasteiger partial charge in [-0.25, -0.2) is 9.98 Å². The van der Waals surface area contributed by atoms with E-state index in [0.29, 0.717) is 5.96 Å². The number of aromatic nitrogens is 2. The Hall–Kier alpha value is -3.35. The summed E-state index contributed by atoms with van der Waals surface area (Å²) >= 11 is 0. The average molecular weight is 373 g/mol. The Bertz CT molecular complexity index is 1060. The number of imidazole rings is 1. The number of guanidine groups is 2. The third kappa shape index (κ3) is 2.62. The third-order valence-corrected chi connectivity index (χ3v) is 5.64. The lowest BCUT2D eigenvalue weighted by molar-refractivity contribution is 0.305. The first-order chi connectivity index (χ1) is 13.7. The van der Waals surface area contributed by atoms with E-state index in [9.17, 15) is 0 Å². The number of hydrogen-bond donors (Lipinski definition) is 3. The molecule has 7 nitrogen and oxygen atoms in total. The fourth-order valence-corrected chi connectivity index (χ4v) is 4.42. The van der Waals surface area contributed by atoms with Crippen LogP contribution in [0, 0.1) is 0 Å². The molecule has 0 saturated heterocycles. The molecule has 1 fully saturated rings. The molecule has 0 radical (unpaired) electrons. The molecular weight excluding hydrogens is 350 g/mol. The molecule has 7 heteroatoms. The van der Waals surface area contributed by atoms with Crippen LogP contribution in [-0.4, -0.2) is 27.5 Å². The van der Waals surface area contributed by atoms with Crippen LogP contribution in [0.2, 0.25) is 0 Å². The summed E-state index contributed by atoms with van der Waals surface area (Å²) in [6.07, 6.45) is 5.19. The van der Waals surface area contributed by atoms with Crippen molar-refractivity contribution >= 4 is 28.6 Å².